The largest absolute Gasteiger partial charge is 0.493 e. The number of benzene rings is 3. The number of carbonyl (C=O) groups excluding carboxylic acids is 2. The van der Waals surface area contributed by atoms with Gasteiger partial charge in [0.25, 0.3) is 0 Å². The maximum Gasteiger partial charge on any atom is 0.329 e. The molecule has 0 radical (unpaired) electrons. The second-order valence-corrected chi connectivity index (χ2v) is 7.83. The number of anilines is 1. The van der Waals surface area contributed by atoms with Gasteiger partial charge in [-0.25, -0.2) is 5.43 Å². The Morgan fingerprint density at radius 1 is 1.03 bits per heavy atom. The number of aryl methyl sites for hydroxylation is 1. The molecule has 8 heteroatoms. The van der Waals surface area contributed by atoms with E-state index in [1.54, 1.807) is 31.4 Å². The number of hydrazone groups is 1. The van der Waals surface area contributed by atoms with Crippen LogP contribution in [0.2, 0.25) is 0 Å². The first-order valence-corrected chi connectivity index (χ1v) is 11.1. The summed E-state index contributed by atoms with van der Waals surface area (Å²) in [5.74, 6) is -0.610. The lowest BCUT2D eigenvalue weighted by atomic mass is 10.1. The number of carbonyl (C=O) groups is 2. The van der Waals surface area contributed by atoms with E-state index in [1.165, 1.54) is 6.21 Å². The number of rotatable bonds is 8. The molecule has 0 aromatic heterocycles. The van der Waals surface area contributed by atoms with Crippen molar-refractivity contribution in [1.82, 2.24) is 5.43 Å². The molecule has 7 nitrogen and oxygen atoms in total. The van der Waals surface area contributed by atoms with Gasteiger partial charge in [-0.05, 0) is 57.2 Å². The van der Waals surface area contributed by atoms with Crippen molar-refractivity contribution < 1.29 is 19.1 Å². The van der Waals surface area contributed by atoms with Crippen molar-refractivity contribution >= 4 is 39.6 Å². The molecule has 0 heterocycles. The van der Waals surface area contributed by atoms with Crippen LogP contribution >= 0.6 is 15.9 Å². The minimum Gasteiger partial charge on any atom is -0.493 e. The van der Waals surface area contributed by atoms with E-state index >= 15 is 0 Å². The van der Waals surface area contributed by atoms with E-state index in [-0.39, 0.29) is 0 Å². The number of amides is 2. The fourth-order valence-corrected chi connectivity index (χ4v) is 3.60. The lowest BCUT2D eigenvalue weighted by Crippen LogP contribution is -2.32. The molecule has 0 saturated heterocycles. The summed E-state index contributed by atoms with van der Waals surface area (Å²) in [6.07, 6.45) is 2.15. The summed E-state index contributed by atoms with van der Waals surface area (Å²) in [5.41, 5.74) is 5.45. The van der Waals surface area contributed by atoms with Gasteiger partial charge in [0.15, 0.2) is 11.5 Å². The van der Waals surface area contributed by atoms with Crippen LogP contribution in [-0.4, -0.2) is 25.1 Å². The van der Waals surface area contributed by atoms with Gasteiger partial charge in [-0.3, -0.25) is 9.59 Å². The molecule has 33 heavy (non-hydrogen) atoms. The number of halogens is 1. The molecule has 2 N–H and O–H groups in total. The zero-order valence-corrected chi connectivity index (χ0v) is 19.9. The van der Waals surface area contributed by atoms with Crippen LogP contribution < -0.4 is 20.2 Å². The van der Waals surface area contributed by atoms with Crippen LogP contribution in [-0.2, 0) is 22.6 Å². The Morgan fingerprint density at radius 2 is 1.76 bits per heavy atom. The predicted molar refractivity (Wildman–Crippen MR) is 132 cm³/mol. The summed E-state index contributed by atoms with van der Waals surface area (Å²) in [7, 11) is 1.54. The number of methoxy groups -OCH3 is 1. The van der Waals surface area contributed by atoms with Crippen molar-refractivity contribution in [3.63, 3.8) is 0 Å². The highest BCUT2D eigenvalue weighted by atomic mass is 79.9. The van der Waals surface area contributed by atoms with Crippen LogP contribution in [0.3, 0.4) is 0 Å². The fourth-order valence-electron chi connectivity index (χ4n) is 3.03. The third kappa shape index (κ3) is 6.66. The molecule has 0 atom stereocenters. The van der Waals surface area contributed by atoms with Crippen molar-refractivity contribution in [1.29, 1.82) is 0 Å². The van der Waals surface area contributed by atoms with E-state index in [1.807, 2.05) is 49.4 Å². The molecule has 3 rings (SSSR count). The Balaban J connectivity index is 1.62. The molecule has 0 saturated carbocycles. The average Bonchev–Trinajstić information content (AvgIpc) is 2.83. The Labute approximate surface area is 200 Å². The van der Waals surface area contributed by atoms with E-state index in [0.29, 0.717) is 33.8 Å². The summed E-state index contributed by atoms with van der Waals surface area (Å²) in [6, 6.07) is 20.6. The van der Waals surface area contributed by atoms with Gasteiger partial charge in [-0.15, -0.1) is 0 Å². The number of ether oxygens (including phenoxy) is 2. The van der Waals surface area contributed by atoms with Crippen LogP contribution in [0.4, 0.5) is 5.69 Å². The molecular weight excluding hydrogens is 486 g/mol. The third-order valence-corrected chi connectivity index (χ3v) is 5.30. The first-order chi connectivity index (χ1) is 16.0. The Bertz CT molecular complexity index is 1150. The van der Waals surface area contributed by atoms with Crippen molar-refractivity contribution in [2.75, 3.05) is 12.4 Å². The summed E-state index contributed by atoms with van der Waals surface area (Å²) < 4.78 is 12.0. The zero-order valence-electron chi connectivity index (χ0n) is 18.3. The first-order valence-electron chi connectivity index (χ1n) is 10.3. The number of hydrogen-bond donors (Lipinski definition) is 2. The second kappa shape index (κ2) is 11.8. The van der Waals surface area contributed by atoms with Gasteiger partial charge in [0.05, 0.1) is 17.8 Å². The second-order valence-electron chi connectivity index (χ2n) is 6.97. The highest BCUT2D eigenvalue weighted by Crippen LogP contribution is 2.36. The minimum absolute atomic E-state index is 0.384. The van der Waals surface area contributed by atoms with Crippen LogP contribution in [0.5, 0.6) is 11.5 Å². The molecule has 0 unspecified atom stereocenters. The average molecular weight is 510 g/mol. The van der Waals surface area contributed by atoms with Crippen molar-refractivity contribution in [3.8, 4) is 11.5 Å². The highest BCUT2D eigenvalue weighted by molar-refractivity contribution is 9.10. The molecule has 0 fully saturated rings. The van der Waals surface area contributed by atoms with Crippen molar-refractivity contribution in [2.24, 2.45) is 5.10 Å². The maximum absolute atomic E-state index is 12.2. The normalized spacial score (nSPS) is 10.6. The summed E-state index contributed by atoms with van der Waals surface area (Å²) in [5, 5.41) is 6.49. The van der Waals surface area contributed by atoms with E-state index in [9.17, 15) is 9.59 Å². The monoisotopic (exact) mass is 509 g/mol. The van der Waals surface area contributed by atoms with Gasteiger partial charge in [0.1, 0.15) is 6.61 Å². The Morgan fingerprint density at radius 3 is 2.48 bits per heavy atom. The molecule has 170 valence electrons. The number of nitrogens with one attached hydrogen (secondary N) is 2. The first kappa shape index (κ1) is 24.0. The van der Waals surface area contributed by atoms with Gasteiger partial charge in [-0.1, -0.05) is 55.5 Å². The van der Waals surface area contributed by atoms with Crippen molar-refractivity contribution in [3.05, 3.63) is 87.9 Å². The topological polar surface area (TPSA) is 89.0 Å². The van der Waals surface area contributed by atoms with Gasteiger partial charge in [0, 0.05) is 5.69 Å². The van der Waals surface area contributed by atoms with Gasteiger partial charge in [-0.2, -0.15) is 5.10 Å². The molecule has 0 bridgehead atoms. The standard InChI is InChI=1S/C25H24BrN3O4/c1-3-19-11-7-8-12-21(19)28-24(30)25(31)29-27-15-18-13-20(26)23(22(14-18)32-2)33-16-17-9-5-4-6-10-17/h4-15H,3,16H2,1-2H3,(H,28,30)(H,29,31)/b27-15+. The van der Waals surface area contributed by atoms with Crippen LogP contribution in [0.1, 0.15) is 23.6 Å². The molecule has 0 aliphatic carbocycles. The van der Waals surface area contributed by atoms with E-state index in [0.717, 1.165) is 17.5 Å². The minimum atomic E-state index is -0.869. The van der Waals surface area contributed by atoms with Gasteiger partial charge in [0.2, 0.25) is 0 Å². The van der Waals surface area contributed by atoms with E-state index in [4.69, 9.17) is 9.47 Å². The van der Waals surface area contributed by atoms with Gasteiger partial charge >= 0.3 is 11.8 Å². The quantitative estimate of drug-likeness (QED) is 0.262. The Kier molecular flexibility index (Phi) is 8.60. The number of nitrogens with zero attached hydrogens (tertiary/aromatic N) is 1. The van der Waals surface area contributed by atoms with Crippen LogP contribution in [0, 0.1) is 0 Å². The molecular formula is C25H24BrN3O4. The molecule has 3 aromatic carbocycles. The highest BCUT2D eigenvalue weighted by Gasteiger charge is 2.15. The van der Waals surface area contributed by atoms with Crippen LogP contribution in [0.25, 0.3) is 0 Å². The lowest BCUT2D eigenvalue weighted by molar-refractivity contribution is -0.136. The molecule has 0 spiro atoms. The number of para-hydroxylation sites is 1. The van der Waals surface area contributed by atoms with Crippen LogP contribution in [0.15, 0.2) is 76.3 Å². The zero-order chi connectivity index (χ0) is 23.6. The predicted octanol–water partition coefficient (Wildman–Crippen LogP) is 4.69. The number of hydrogen-bond acceptors (Lipinski definition) is 5. The molecule has 0 aliphatic heterocycles. The lowest BCUT2D eigenvalue weighted by Gasteiger charge is -2.13. The SMILES string of the molecule is CCc1ccccc1NC(=O)C(=O)N/N=C/c1cc(Br)c(OCc2ccccc2)c(OC)c1. The summed E-state index contributed by atoms with van der Waals surface area (Å²) >= 11 is 3.49. The molecule has 2 amide bonds. The van der Waals surface area contributed by atoms with E-state index < -0.39 is 11.8 Å². The maximum atomic E-state index is 12.2. The Hall–Kier alpha value is -3.65. The van der Waals surface area contributed by atoms with E-state index in [2.05, 4.69) is 31.8 Å². The molecule has 3 aromatic rings. The third-order valence-electron chi connectivity index (χ3n) is 4.71. The summed E-state index contributed by atoms with van der Waals surface area (Å²) in [4.78, 5) is 24.3. The van der Waals surface area contributed by atoms with Crippen molar-refractivity contribution in [2.45, 2.75) is 20.0 Å². The molecule has 0 aliphatic rings. The summed E-state index contributed by atoms with van der Waals surface area (Å²) in [6.45, 7) is 2.36. The fraction of sp³-hybridized carbons (Fsp3) is 0.160. The smallest absolute Gasteiger partial charge is 0.329 e. The van der Waals surface area contributed by atoms with Gasteiger partial charge < -0.3 is 14.8 Å².